The van der Waals surface area contributed by atoms with Crippen LogP contribution in [0.5, 0.6) is 0 Å². The highest BCUT2D eigenvalue weighted by atomic mass is 32.1. The minimum absolute atomic E-state index is 0.593. The van der Waals surface area contributed by atoms with E-state index in [9.17, 15) is 0 Å². The molecule has 48 valence electrons. The summed E-state index contributed by atoms with van der Waals surface area (Å²) in [6.07, 6.45) is 0. The summed E-state index contributed by atoms with van der Waals surface area (Å²) in [4.78, 5) is 0.593. The Kier molecular flexibility index (Phi) is 1.11. The second-order valence-corrected chi connectivity index (χ2v) is 2.41. The summed E-state index contributed by atoms with van der Waals surface area (Å²) < 4.78 is 0. The lowest BCUT2D eigenvalue weighted by molar-refractivity contribution is 1.35. The lowest BCUT2D eigenvalue weighted by Crippen LogP contribution is -1.84. The molecule has 0 amide bonds. The summed E-state index contributed by atoms with van der Waals surface area (Å²) in [7, 11) is 0. The Balaban J connectivity index is 2.70. The van der Waals surface area contributed by atoms with Crippen molar-refractivity contribution >= 4 is 22.9 Å². The van der Waals surface area contributed by atoms with Gasteiger partial charge in [-0.1, -0.05) is 24.4 Å². The molecule has 0 unspecified atom stereocenters. The first-order valence-electron chi connectivity index (χ1n) is 2.93. The van der Waals surface area contributed by atoms with Crippen molar-refractivity contribution in [2.24, 2.45) is 10.2 Å². The van der Waals surface area contributed by atoms with Gasteiger partial charge in [-0.15, -0.1) is 10.2 Å². The third kappa shape index (κ3) is 0.675. The molecule has 3 heteroatoms. The fourth-order valence-electron chi connectivity index (χ4n) is 0.895. The van der Waals surface area contributed by atoms with E-state index in [1.807, 2.05) is 24.3 Å². The molecule has 1 aromatic rings. The summed E-state index contributed by atoms with van der Waals surface area (Å²) in [5.41, 5.74) is 1.85. The van der Waals surface area contributed by atoms with Crippen LogP contribution in [-0.4, -0.2) is 4.99 Å². The zero-order valence-electron chi connectivity index (χ0n) is 5.11. The van der Waals surface area contributed by atoms with Crippen molar-refractivity contribution < 1.29 is 0 Å². The molecule has 2 rings (SSSR count). The van der Waals surface area contributed by atoms with Crippen molar-refractivity contribution in [3.63, 3.8) is 0 Å². The van der Waals surface area contributed by atoms with Crippen molar-refractivity contribution in [2.45, 2.75) is 0 Å². The number of thiocarbonyl (C=S) groups is 1. The number of fused-ring (bicyclic) bond motifs is 1. The van der Waals surface area contributed by atoms with E-state index in [0.717, 1.165) is 11.3 Å². The van der Waals surface area contributed by atoms with Crippen LogP contribution in [0.25, 0.3) is 0 Å². The molecular formula is C7H4N2S. The van der Waals surface area contributed by atoms with Crippen molar-refractivity contribution in [1.82, 2.24) is 0 Å². The van der Waals surface area contributed by atoms with Crippen LogP contribution in [0.15, 0.2) is 34.5 Å². The largest absolute Gasteiger partial charge is 0.158 e. The van der Waals surface area contributed by atoms with Gasteiger partial charge in [-0.25, -0.2) is 0 Å². The van der Waals surface area contributed by atoms with Crippen molar-refractivity contribution in [3.8, 4) is 0 Å². The maximum Gasteiger partial charge on any atom is 0.158 e. The smallest absolute Gasteiger partial charge is 0.149 e. The molecule has 10 heavy (non-hydrogen) atoms. The lowest BCUT2D eigenvalue weighted by Gasteiger charge is -1.89. The van der Waals surface area contributed by atoms with Gasteiger partial charge < -0.3 is 0 Å². The Labute approximate surface area is 63.6 Å². The molecule has 1 aliphatic heterocycles. The number of rotatable bonds is 0. The zero-order chi connectivity index (χ0) is 6.97. The van der Waals surface area contributed by atoms with E-state index in [1.54, 1.807) is 0 Å². The van der Waals surface area contributed by atoms with Gasteiger partial charge in [0.15, 0.2) is 4.99 Å². The third-order valence-electron chi connectivity index (χ3n) is 1.38. The van der Waals surface area contributed by atoms with Gasteiger partial charge in [0, 0.05) is 5.56 Å². The first kappa shape index (κ1) is 5.68. The van der Waals surface area contributed by atoms with Crippen LogP contribution < -0.4 is 0 Å². The number of benzene rings is 1. The fraction of sp³-hybridized carbons (Fsp3) is 0. The number of azo groups is 1. The topological polar surface area (TPSA) is 24.7 Å². The average molecular weight is 148 g/mol. The van der Waals surface area contributed by atoms with E-state index in [0.29, 0.717) is 4.99 Å². The Bertz CT molecular complexity index is 317. The van der Waals surface area contributed by atoms with E-state index >= 15 is 0 Å². The van der Waals surface area contributed by atoms with Crippen molar-refractivity contribution in [3.05, 3.63) is 29.8 Å². The van der Waals surface area contributed by atoms with Gasteiger partial charge in [-0.05, 0) is 12.1 Å². The first-order valence-corrected chi connectivity index (χ1v) is 3.34. The van der Waals surface area contributed by atoms with Gasteiger partial charge >= 0.3 is 0 Å². The Morgan fingerprint density at radius 1 is 1.10 bits per heavy atom. The SMILES string of the molecule is S=C1N=Nc2ccccc21. The molecule has 0 bridgehead atoms. The molecule has 2 nitrogen and oxygen atoms in total. The van der Waals surface area contributed by atoms with Crippen LogP contribution in [0.4, 0.5) is 5.69 Å². The van der Waals surface area contributed by atoms with Gasteiger partial charge in [0.1, 0.15) is 0 Å². The van der Waals surface area contributed by atoms with Crippen molar-refractivity contribution in [2.75, 3.05) is 0 Å². The minimum Gasteiger partial charge on any atom is -0.149 e. The Morgan fingerprint density at radius 2 is 1.90 bits per heavy atom. The molecule has 0 N–H and O–H groups in total. The van der Waals surface area contributed by atoms with Crippen LogP contribution >= 0.6 is 12.2 Å². The minimum atomic E-state index is 0.593. The number of nitrogens with zero attached hydrogens (tertiary/aromatic N) is 2. The molecule has 0 spiro atoms. The molecule has 0 saturated heterocycles. The molecule has 0 aromatic heterocycles. The zero-order valence-corrected chi connectivity index (χ0v) is 5.93. The van der Waals surface area contributed by atoms with Gasteiger partial charge in [0.2, 0.25) is 0 Å². The number of hydrogen-bond donors (Lipinski definition) is 0. The highest BCUT2D eigenvalue weighted by Gasteiger charge is 2.10. The van der Waals surface area contributed by atoms with E-state index in [1.165, 1.54) is 0 Å². The quantitative estimate of drug-likeness (QED) is 0.519. The van der Waals surface area contributed by atoms with Gasteiger partial charge in [-0.3, -0.25) is 0 Å². The van der Waals surface area contributed by atoms with E-state index in [4.69, 9.17) is 12.2 Å². The predicted molar refractivity (Wildman–Crippen MR) is 42.7 cm³/mol. The monoisotopic (exact) mass is 148 g/mol. The molecule has 0 atom stereocenters. The Morgan fingerprint density at radius 3 is 2.70 bits per heavy atom. The van der Waals surface area contributed by atoms with Crippen molar-refractivity contribution in [1.29, 1.82) is 0 Å². The molecule has 0 radical (unpaired) electrons. The van der Waals surface area contributed by atoms with Crippen LogP contribution in [0.2, 0.25) is 0 Å². The molecule has 0 fully saturated rings. The summed E-state index contributed by atoms with van der Waals surface area (Å²) in [6, 6.07) is 7.68. The summed E-state index contributed by atoms with van der Waals surface area (Å²) in [6.45, 7) is 0. The summed E-state index contributed by atoms with van der Waals surface area (Å²) in [5.74, 6) is 0. The first-order chi connectivity index (χ1) is 4.88. The number of hydrogen-bond acceptors (Lipinski definition) is 2. The van der Waals surface area contributed by atoms with Gasteiger partial charge in [0.25, 0.3) is 0 Å². The maximum absolute atomic E-state index is 4.91. The van der Waals surface area contributed by atoms with Crippen LogP contribution in [0.3, 0.4) is 0 Å². The van der Waals surface area contributed by atoms with E-state index in [-0.39, 0.29) is 0 Å². The summed E-state index contributed by atoms with van der Waals surface area (Å²) >= 11 is 4.91. The maximum atomic E-state index is 4.91. The van der Waals surface area contributed by atoms with Crippen LogP contribution in [-0.2, 0) is 0 Å². The predicted octanol–water partition coefficient (Wildman–Crippen LogP) is 2.46. The standard InChI is InChI=1S/C7H4N2S/c10-7-5-3-1-2-4-6(5)8-9-7/h1-4H. The second kappa shape index (κ2) is 1.95. The normalized spacial score (nSPS) is 13.8. The molecule has 1 aliphatic rings. The van der Waals surface area contributed by atoms with E-state index < -0.39 is 0 Å². The second-order valence-electron chi connectivity index (χ2n) is 2.02. The van der Waals surface area contributed by atoms with E-state index in [2.05, 4.69) is 10.2 Å². The fourth-order valence-corrected chi connectivity index (χ4v) is 1.11. The Hall–Kier alpha value is -1.09. The highest BCUT2D eigenvalue weighted by molar-refractivity contribution is 7.80. The summed E-state index contributed by atoms with van der Waals surface area (Å²) in [5, 5.41) is 7.62. The average Bonchev–Trinajstić information content (AvgIpc) is 2.34. The molecule has 1 heterocycles. The molecule has 0 saturated carbocycles. The van der Waals surface area contributed by atoms with Gasteiger partial charge in [-0.2, -0.15) is 0 Å². The van der Waals surface area contributed by atoms with Crippen LogP contribution in [0.1, 0.15) is 5.56 Å². The van der Waals surface area contributed by atoms with Crippen LogP contribution in [0, 0.1) is 0 Å². The lowest BCUT2D eigenvalue weighted by atomic mass is 10.2. The highest BCUT2D eigenvalue weighted by Crippen LogP contribution is 2.25. The van der Waals surface area contributed by atoms with Gasteiger partial charge in [0.05, 0.1) is 5.69 Å². The third-order valence-corrected chi connectivity index (χ3v) is 1.68. The molecular weight excluding hydrogens is 144 g/mol. The molecule has 1 aromatic carbocycles. The molecule has 0 aliphatic carbocycles.